The molecular formula is C25H34N2O4. The van der Waals surface area contributed by atoms with Crippen LogP contribution in [-0.4, -0.2) is 74.2 Å². The Bertz CT molecular complexity index is 805. The quantitative estimate of drug-likeness (QED) is 0.746. The Balaban J connectivity index is 1.27. The second-order valence-corrected chi connectivity index (χ2v) is 9.68. The molecule has 4 aliphatic rings. The van der Waals surface area contributed by atoms with Crippen LogP contribution in [0.15, 0.2) is 24.3 Å². The molecule has 168 valence electrons. The number of hydrogen-bond donors (Lipinski definition) is 0. The van der Waals surface area contributed by atoms with Crippen LogP contribution in [-0.2, 0) is 24.5 Å². The van der Waals surface area contributed by atoms with Crippen LogP contribution in [0.5, 0.6) is 0 Å². The highest BCUT2D eigenvalue weighted by Crippen LogP contribution is 2.52. The van der Waals surface area contributed by atoms with Crippen LogP contribution in [0.2, 0.25) is 0 Å². The molecule has 3 fully saturated rings. The smallest absolute Gasteiger partial charge is 0.225 e. The monoisotopic (exact) mass is 426 g/mol. The van der Waals surface area contributed by atoms with Crippen LogP contribution in [0.4, 0.5) is 0 Å². The highest BCUT2D eigenvalue weighted by Gasteiger charge is 2.46. The van der Waals surface area contributed by atoms with Crippen LogP contribution in [0.1, 0.15) is 55.6 Å². The SMILES string of the molecule is O=C(CC1CC2(CCN(C(=O)C3CCOCC3)CC2)c2ccccc21)N1CCOCC1. The minimum absolute atomic E-state index is 0.110. The summed E-state index contributed by atoms with van der Waals surface area (Å²) in [6.07, 6.45) is 5.33. The van der Waals surface area contributed by atoms with E-state index in [1.54, 1.807) is 0 Å². The van der Waals surface area contributed by atoms with Crippen molar-refractivity contribution in [3.05, 3.63) is 35.4 Å². The van der Waals surface area contributed by atoms with Gasteiger partial charge in [0.2, 0.25) is 11.8 Å². The molecule has 1 atom stereocenters. The molecule has 1 spiro atoms. The highest BCUT2D eigenvalue weighted by molar-refractivity contribution is 5.79. The van der Waals surface area contributed by atoms with Gasteiger partial charge in [-0.3, -0.25) is 9.59 Å². The van der Waals surface area contributed by atoms with Gasteiger partial charge in [0.15, 0.2) is 0 Å². The zero-order valence-electron chi connectivity index (χ0n) is 18.4. The lowest BCUT2D eigenvalue weighted by Gasteiger charge is -2.42. The van der Waals surface area contributed by atoms with Gasteiger partial charge >= 0.3 is 0 Å². The van der Waals surface area contributed by atoms with E-state index < -0.39 is 0 Å². The molecule has 0 aromatic heterocycles. The fraction of sp³-hybridized carbons (Fsp3) is 0.680. The van der Waals surface area contributed by atoms with E-state index in [1.165, 1.54) is 11.1 Å². The van der Waals surface area contributed by atoms with Crippen molar-refractivity contribution in [3.63, 3.8) is 0 Å². The van der Waals surface area contributed by atoms with Crippen molar-refractivity contribution in [3.8, 4) is 0 Å². The molecule has 5 rings (SSSR count). The molecule has 31 heavy (non-hydrogen) atoms. The largest absolute Gasteiger partial charge is 0.381 e. The van der Waals surface area contributed by atoms with E-state index in [-0.39, 0.29) is 23.2 Å². The summed E-state index contributed by atoms with van der Waals surface area (Å²) in [6.45, 7) is 5.79. The summed E-state index contributed by atoms with van der Waals surface area (Å²) in [5, 5.41) is 0. The topological polar surface area (TPSA) is 59.1 Å². The van der Waals surface area contributed by atoms with Gasteiger partial charge in [-0.2, -0.15) is 0 Å². The predicted octanol–water partition coefficient (Wildman–Crippen LogP) is 2.71. The highest BCUT2D eigenvalue weighted by atomic mass is 16.5. The van der Waals surface area contributed by atoms with Crippen molar-refractivity contribution >= 4 is 11.8 Å². The second-order valence-electron chi connectivity index (χ2n) is 9.68. The number of fused-ring (bicyclic) bond motifs is 2. The first-order valence-electron chi connectivity index (χ1n) is 12.0. The fourth-order valence-corrected chi connectivity index (χ4v) is 6.19. The van der Waals surface area contributed by atoms with Crippen LogP contribution in [0.25, 0.3) is 0 Å². The third kappa shape index (κ3) is 4.12. The van der Waals surface area contributed by atoms with Gasteiger partial charge in [-0.1, -0.05) is 24.3 Å². The number of ether oxygens (including phenoxy) is 2. The van der Waals surface area contributed by atoms with E-state index in [1.807, 2.05) is 4.90 Å². The Morgan fingerprint density at radius 3 is 2.32 bits per heavy atom. The summed E-state index contributed by atoms with van der Waals surface area (Å²) in [7, 11) is 0. The van der Waals surface area contributed by atoms with Gasteiger partial charge in [0.25, 0.3) is 0 Å². The van der Waals surface area contributed by atoms with Gasteiger partial charge in [-0.25, -0.2) is 0 Å². The zero-order valence-corrected chi connectivity index (χ0v) is 18.4. The molecule has 0 radical (unpaired) electrons. The molecular weight excluding hydrogens is 392 g/mol. The van der Waals surface area contributed by atoms with Gasteiger partial charge in [-0.05, 0) is 54.6 Å². The fourth-order valence-electron chi connectivity index (χ4n) is 6.19. The summed E-state index contributed by atoms with van der Waals surface area (Å²) >= 11 is 0. The molecule has 1 unspecified atom stereocenters. The number of amides is 2. The molecule has 6 heteroatoms. The van der Waals surface area contributed by atoms with Gasteiger partial charge in [0.05, 0.1) is 13.2 Å². The van der Waals surface area contributed by atoms with Crippen LogP contribution >= 0.6 is 0 Å². The molecule has 6 nitrogen and oxygen atoms in total. The molecule has 3 saturated heterocycles. The van der Waals surface area contributed by atoms with Gasteiger partial charge in [0.1, 0.15) is 0 Å². The van der Waals surface area contributed by atoms with Crippen molar-refractivity contribution in [2.24, 2.45) is 5.92 Å². The van der Waals surface area contributed by atoms with E-state index in [0.29, 0.717) is 51.8 Å². The molecule has 1 aromatic rings. The number of benzene rings is 1. The molecule has 0 N–H and O–H groups in total. The molecule has 3 aliphatic heterocycles. The number of nitrogens with zero attached hydrogens (tertiary/aromatic N) is 2. The lowest BCUT2D eigenvalue weighted by molar-refractivity contribution is -0.140. The normalized spacial score (nSPS) is 26.1. The second kappa shape index (κ2) is 8.91. The molecule has 0 bridgehead atoms. The summed E-state index contributed by atoms with van der Waals surface area (Å²) in [5.74, 6) is 0.998. The van der Waals surface area contributed by atoms with Crippen LogP contribution in [0.3, 0.4) is 0 Å². The average Bonchev–Trinajstić information content (AvgIpc) is 3.13. The van der Waals surface area contributed by atoms with Crippen LogP contribution < -0.4 is 0 Å². The lowest BCUT2D eigenvalue weighted by atomic mass is 9.73. The maximum atomic E-state index is 13.0. The number of likely N-dealkylation sites (tertiary alicyclic amines) is 1. The average molecular weight is 427 g/mol. The third-order valence-corrected chi connectivity index (χ3v) is 8.00. The number of hydrogen-bond acceptors (Lipinski definition) is 4. The molecule has 3 heterocycles. The predicted molar refractivity (Wildman–Crippen MR) is 117 cm³/mol. The summed E-state index contributed by atoms with van der Waals surface area (Å²) in [4.78, 5) is 30.0. The molecule has 0 saturated carbocycles. The number of piperidine rings is 1. The first-order chi connectivity index (χ1) is 15.2. The van der Waals surface area contributed by atoms with E-state index in [4.69, 9.17) is 9.47 Å². The van der Waals surface area contributed by atoms with Crippen molar-refractivity contribution in [1.82, 2.24) is 9.80 Å². The van der Waals surface area contributed by atoms with Crippen molar-refractivity contribution < 1.29 is 19.1 Å². The van der Waals surface area contributed by atoms with E-state index in [0.717, 1.165) is 45.2 Å². The number of carbonyl (C=O) groups excluding carboxylic acids is 2. The minimum Gasteiger partial charge on any atom is -0.381 e. The molecule has 2 amide bonds. The van der Waals surface area contributed by atoms with E-state index in [2.05, 4.69) is 29.2 Å². The summed E-state index contributed by atoms with van der Waals surface area (Å²) in [6, 6.07) is 8.73. The third-order valence-electron chi connectivity index (χ3n) is 8.00. The first-order valence-corrected chi connectivity index (χ1v) is 12.0. The Kier molecular flexibility index (Phi) is 6.02. The summed E-state index contributed by atoms with van der Waals surface area (Å²) < 4.78 is 10.8. The number of carbonyl (C=O) groups is 2. The van der Waals surface area contributed by atoms with Gasteiger partial charge < -0.3 is 19.3 Å². The Morgan fingerprint density at radius 1 is 0.903 bits per heavy atom. The Hall–Kier alpha value is -1.92. The minimum atomic E-state index is 0.110. The van der Waals surface area contributed by atoms with E-state index in [9.17, 15) is 9.59 Å². The zero-order chi connectivity index (χ0) is 21.3. The Labute approximate surface area is 184 Å². The van der Waals surface area contributed by atoms with E-state index >= 15 is 0 Å². The maximum Gasteiger partial charge on any atom is 0.225 e. The molecule has 1 aliphatic carbocycles. The Morgan fingerprint density at radius 2 is 1.58 bits per heavy atom. The molecule has 1 aromatic carbocycles. The van der Waals surface area contributed by atoms with Crippen LogP contribution in [0, 0.1) is 5.92 Å². The van der Waals surface area contributed by atoms with Crippen molar-refractivity contribution in [2.45, 2.75) is 49.9 Å². The maximum absolute atomic E-state index is 13.0. The van der Waals surface area contributed by atoms with Crippen molar-refractivity contribution in [1.29, 1.82) is 0 Å². The number of rotatable bonds is 3. The standard InChI is InChI=1S/C25H34N2O4/c28-23(26-11-15-31-16-12-26)17-20-18-25(22-4-2-1-3-21(20)22)7-9-27(10-8-25)24(29)19-5-13-30-14-6-19/h1-4,19-20H,5-18H2. The first kappa shape index (κ1) is 21.0. The number of morpholine rings is 1. The van der Waals surface area contributed by atoms with Crippen molar-refractivity contribution in [2.75, 3.05) is 52.6 Å². The lowest BCUT2D eigenvalue weighted by Crippen LogP contribution is -2.47. The van der Waals surface area contributed by atoms with Gasteiger partial charge in [0, 0.05) is 51.7 Å². The summed E-state index contributed by atoms with van der Waals surface area (Å²) in [5.41, 5.74) is 2.89. The van der Waals surface area contributed by atoms with Gasteiger partial charge in [-0.15, -0.1) is 0 Å².